The van der Waals surface area contributed by atoms with Gasteiger partial charge in [-0.15, -0.1) is 0 Å². The van der Waals surface area contributed by atoms with Crippen LogP contribution >= 0.6 is 0 Å². The lowest BCUT2D eigenvalue weighted by Crippen LogP contribution is -2.53. The van der Waals surface area contributed by atoms with Crippen molar-refractivity contribution in [1.29, 1.82) is 0 Å². The van der Waals surface area contributed by atoms with E-state index in [1.54, 1.807) is 24.3 Å². The average Bonchev–Trinajstić information content (AvgIpc) is 3.22. The third-order valence-electron chi connectivity index (χ3n) is 15.5. The molecule has 0 amide bonds. The summed E-state index contributed by atoms with van der Waals surface area (Å²) in [6.07, 6.45) is 7.43. The van der Waals surface area contributed by atoms with Gasteiger partial charge in [-0.1, -0.05) is 90.8 Å². The monoisotopic (exact) mass is 823 g/mol. The van der Waals surface area contributed by atoms with Crippen molar-refractivity contribution >= 4 is 11.9 Å². The highest BCUT2D eigenvalue weighted by Crippen LogP contribution is 2.59. The molecule has 0 heterocycles. The number of rotatable bonds is 14. The SMILES string of the molecule is CC(C)c1ccc2c(c1)CCC1C(C)(C(=O)OCC(O)COc3ccc(OCC(O)COC(=O)C4(C)CCCC5(C)c6ccc(C(C)C)cc6CCC45)cc3)CCCC21C. The van der Waals surface area contributed by atoms with Gasteiger partial charge in [-0.3, -0.25) is 9.59 Å². The molecule has 0 radical (unpaired) electrons. The first-order chi connectivity index (χ1) is 28.5. The Labute approximate surface area is 358 Å². The van der Waals surface area contributed by atoms with Crippen LogP contribution < -0.4 is 9.47 Å². The number of carbonyl (C=O) groups is 2. The molecule has 326 valence electrons. The van der Waals surface area contributed by atoms with Gasteiger partial charge in [-0.25, -0.2) is 0 Å². The summed E-state index contributed by atoms with van der Waals surface area (Å²) >= 11 is 0. The fourth-order valence-electron chi connectivity index (χ4n) is 12.0. The van der Waals surface area contributed by atoms with E-state index in [1.807, 2.05) is 0 Å². The fourth-order valence-corrected chi connectivity index (χ4v) is 12.0. The van der Waals surface area contributed by atoms with Crippen LogP contribution in [0.25, 0.3) is 0 Å². The molecule has 0 aliphatic heterocycles. The normalized spacial score (nSPS) is 29.3. The summed E-state index contributed by atoms with van der Waals surface area (Å²) in [6.45, 7) is 17.4. The summed E-state index contributed by atoms with van der Waals surface area (Å²) in [5, 5.41) is 21.5. The van der Waals surface area contributed by atoms with E-state index in [-0.39, 0.29) is 61.0 Å². The third kappa shape index (κ3) is 8.49. The second-order valence-electron chi connectivity index (χ2n) is 20.3. The zero-order valence-corrected chi connectivity index (χ0v) is 37.5. The molecule has 2 saturated carbocycles. The summed E-state index contributed by atoms with van der Waals surface area (Å²) in [5.41, 5.74) is 6.91. The molecule has 60 heavy (non-hydrogen) atoms. The molecule has 4 aliphatic rings. The van der Waals surface area contributed by atoms with Gasteiger partial charge < -0.3 is 29.2 Å². The summed E-state index contributed by atoms with van der Waals surface area (Å²) < 4.78 is 23.3. The number of fused-ring (bicyclic) bond motifs is 6. The highest BCUT2D eigenvalue weighted by atomic mass is 16.6. The van der Waals surface area contributed by atoms with Crippen molar-refractivity contribution in [3.8, 4) is 11.5 Å². The van der Waals surface area contributed by atoms with Crippen LogP contribution in [0.3, 0.4) is 0 Å². The van der Waals surface area contributed by atoms with Crippen LogP contribution in [-0.2, 0) is 42.7 Å². The molecular formula is C52H70O8. The Kier molecular flexibility index (Phi) is 12.9. The van der Waals surface area contributed by atoms with Gasteiger partial charge in [0.2, 0.25) is 0 Å². The van der Waals surface area contributed by atoms with Crippen molar-refractivity contribution in [3.63, 3.8) is 0 Å². The number of benzene rings is 3. The van der Waals surface area contributed by atoms with Crippen molar-refractivity contribution in [2.75, 3.05) is 26.4 Å². The first-order valence-corrected chi connectivity index (χ1v) is 22.8. The third-order valence-corrected chi connectivity index (χ3v) is 15.5. The molecule has 0 aromatic heterocycles. The highest BCUT2D eigenvalue weighted by Gasteiger charge is 2.57. The van der Waals surface area contributed by atoms with E-state index in [1.165, 1.54) is 33.4 Å². The van der Waals surface area contributed by atoms with E-state index in [0.29, 0.717) is 23.3 Å². The molecule has 3 aromatic carbocycles. The first-order valence-electron chi connectivity index (χ1n) is 22.8. The lowest BCUT2D eigenvalue weighted by atomic mass is 9.49. The van der Waals surface area contributed by atoms with Crippen LogP contribution in [-0.4, -0.2) is 60.8 Å². The minimum atomic E-state index is -0.987. The van der Waals surface area contributed by atoms with Crippen LogP contribution in [0, 0.1) is 22.7 Å². The van der Waals surface area contributed by atoms with E-state index in [9.17, 15) is 19.8 Å². The summed E-state index contributed by atoms with van der Waals surface area (Å²) in [4.78, 5) is 27.5. The molecule has 2 N–H and O–H groups in total. The van der Waals surface area contributed by atoms with Crippen molar-refractivity contribution in [1.82, 2.24) is 0 Å². The van der Waals surface area contributed by atoms with E-state index in [2.05, 4.69) is 91.8 Å². The molecule has 7 rings (SSSR count). The van der Waals surface area contributed by atoms with E-state index < -0.39 is 23.0 Å². The smallest absolute Gasteiger partial charge is 0.312 e. The Bertz CT molecular complexity index is 1860. The van der Waals surface area contributed by atoms with Gasteiger partial charge in [0, 0.05) is 0 Å². The predicted octanol–water partition coefficient (Wildman–Crippen LogP) is 9.92. The van der Waals surface area contributed by atoms with Crippen molar-refractivity contribution in [2.45, 2.75) is 154 Å². The Hall–Kier alpha value is -3.88. The molecule has 0 spiro atoms. The van der Waals surface area contributed by atoms with Gasteiger partial charge in [0.15, 0.2) is 0 Å². The number of aliphatic hydroxyl groups excluding tert-OH is 2. The summed E-state index contributed by atoms with van der Waals surface area (Å²) in [6, 6.07) is 20.8. The maximum absolute atomic E-state index is 13.8. The number of ether oxygens (including phenoxy) is 4. The molecular weight excluding hydrogens is 753 g/mol. The summed E-state index contributed by atoms with van der Waals surface area (Å²) in [7, 11) is 0. The van der Waals surface area contributed by atoms with Crippen LogP contribution in [0.2, 0.25) is 0 Å². The van der Waals surface area contributed by atoms with Crippen molar-refractivity contribution in [3.05, 3.63) is 94.0 Å². The molecule has 8 heteroatoms. The average molecular weight is 823 g/mol. The number of esters is 2. The lowest BCUT2D eigenvalue weighted by Gasteiger charge is -2.54. The van der Waals surface area contributed by atoms with Crippen LogP contribution in [0.5, 0.6) is 11.5 Å². The van der Waals surface area contributed by atoms with Gasteiger partial charge in [-0.05, 0) is 157 Å². The lowest BCUT2D eigenvalue weighted by molar-refractivity contribution is -0.168. The minimum absolute atomic E-state index is 0.0362. The number of hydrogen-bond donors (Lipinski definition) is 2. The molecule has 2 fully saturated rings. The van der Waals surface area contributed by atoms with Gasteiger partial charge in [0.1, 0.15) is 50.1 Å². The predicted molar refractivity (Wildman–Crippen MR) is 235 cm³/mol. The standard InChI is InChI=1S/C52H70O8/c1-33(2)35-11-19-43-37(27-35)13-21-45-49(43,5)23-9-25-51(45,7)47(55)59-31-39(53)29-57-41-15-17-42(18-16-41)58-30-40(54)32-60-48(56)52(8)26-10-24-50(6)44-20-12-36(34(3)4)28-38(44)14-22-46(50)52/h11-12,15-20,27-28,33-34,39-40,45-46,53-54H,9-10,13-14,21-26,29-32H2,1-8H3. The Morgan fingerprint density at radius 1 is 0.583 bits per heavy atom. The zero-order valence-electron chi connectivity index (χ0n) is 37.5. The summed E-state index contributed by atoms with van der Waals surface area (Å²) in [5.74, 6) is 1.88. The Balaban J connectivity index is 0.846. The number of aliphatic hydroxyl groups is 2. The fraction of sp³-hybridized carbons (Fsp3) is 0.615. The molecule has 8 unspecified atom stereocenters. The van der Waals surface area contributed by atoms with Crippen molar-refractivity contribution < 1.29 is 38.7 Å². The zero-order chi connectivity index (χ0) is 43.0. The van der Waals surface area contributed by atoms with Crippen LogP contribution in [0.1, 0.15) is 152 Å². The second kappa shape index (κ2) is 17.5. The van der Waals surface area contributed by atoms with Crippen molar-refractivity contribution in [2.24, 2.45) is 22.7 Å². The molecule has 0 bridgehead atoms. The maximum Gasteiger partial charge on any atom is 0.312 e. The largest absolute Gasteiger partial charge is 0.491 e. The van der Waals surface area contributed by atoms with E-state index in [4.69, 9.17) is 18.9 Å². The van der Waals surface area contributed by atoms with Gasteiger partial charge in [0.25, 0.3) is 0 Å². The van der Waals surface area contributed by atoms with E-state index in [0.717, 1.165) is 64.2 Å². The number of hydrogen-bond acceptors (Lipinski definition) is 8. The number of carbonyl (C=O) groups excluding carboxylic acids is 2. The molecule has 8 nitrogen and oxygen atoms in total. The quantitative estimate of drug-likeness (QED) is 0.155. The van der Waals surface area contributed by atoms with Gasteiger partial charge in [-0.2, -0.15) is 0 Å². The van der Waals surface area contributed by atoms with Gasteiger partial charge in [0.05, 0.1) is 10.8 Å². The van der Waals surface area contributed by atoms with Crippen LogP contribution in [0.4, 0.5) is 0 Å². The minimum Gasteiger partial charge on any atom is -0.491 e. The molecule has 8 atom stereocenters. The molecule has 0 saturated heterocycles. The highest BCUT2D eigenvalue weighted by molar-refractivity contribution is 5.78. The number of aryl methyl sites for hydroxylation is 2. The van der Waals surface area contributed by atoms with Gasteiger partial charge >= 0.3 is 11.9 Å². The Morgan fingerprint density at radius 3 is 1.33 bits per heavy atom. The Morgan fingerprint density at radius 2 is 0.967 bits per heavy atom. The topological polar surface area (TPSA) is 112 Å². The van der Waals surface area contributed by atoms with E-state index >= 15 is 0 Å². The second-order valence-corrected chi connectivity index (χ2v) is 20.3. The maximum atomic E-state index is 13.8. The molecule has 3 aromatic rings. The molecule has 4 aliphatic carbocycles. The first kappa shape index (κ1) is 44.2. The van der Waals surface area contributed by atoms with Crippen LogP contribution in [0.15, 0.2) is 60.7 Å².